The topological polar surface area (TPSA) is 180 Å². The average Bonchev–Trinajstić information content (AvgIpc) is 2.71. The van der Waals surface area contributed by atoms with Crippen molar-refractivity contribution in [3.8, 4) is 0 Å². The molecule has 0 aliphatic carbocycles. The molecule has 13 heteroatoms. The summed E-state index contributed by atoms with van der Waals surface area (Å²) in [6.07, 6.45) is 1.30. The van der Waals surface area contributed by atoms with Crippen LogP contribution in [0.25, 0.3) is 0 Å². The van der Waals surface area contributed by atoms with Gasteiger partial charge in [0.15, 0.2) is 0 Å². The molecule has 0 saturated carbocycles. The molecular weight excluding hydrogens is 400 g/mol. The molecule has 0 aromatic heterocycles. The molecule has 0 aromatic rings. The van der Waals surface area contributed by atoms with Crippen molar-refractivity contribution in [2.24, 2.45) is 0 Å². The number of carbonyl (C=O) groups excluding carboxylic acids is 5. The van der Waals surface area contributed by atoms with E-state index in [1.54, 1.807) is 0 Å². The molecule has 0 bridgehead atoms. The molecule has 5 amide bonds. The normalized spacial score (nSPS) is 10.1. The lowest BCUT2D eigenvalue weighted by molar-refractivity contribution is -0.168. The molecule has 0 atom stereocenters. The van der Waals surface area contributed by atoms with Crippen molar-refractivity contribution in [3.63, 3.8) is 0 Å². The first-order valence-corrected chi connectivity index (χ1v) is 9.62. The maximum atomic E-state index is 11.8. The van der Waals surface area contributed by atoms with Gasteiger partial charge in [0.1, 0.15) is 6.67 Å². The Morgan fingerprint density at radius 3 is 2.00 bits per heavy atom. The Bertz CT molecular complexity index is 587. The van der Waals surface area contributed by atoms with Crippen LogP contribution < -0.4 is 21.5 Å². The van der Waals surface area contributed by atoms with E-state index < -0.39 is 24.4 Å². The van der Waals surface area contributed by atoms with E-state index in [0.717, 1.165) is 6.42 Å². The third-order valence-corrected chi connectivity index (χ3v) is 3.86. The second-order valence-corrected chi connectivity index (χ2v) is 6.41. The van der Waals surface area contributed by atoms with Crippen LogP contribution in [-0.4, -0.2) is 76.9 Å². The van der Waals surface area contributed by atoms with Gasteiger partial charge in [-0.1, -0.05) is 0 Å². The van der Waals surface area contributed by atoms with Crippen molar-refractivity contribution in [1.29, 1.82) is 0 Å². The fraction of sp³-hybridized carbons (Fsp3) is 0.706. The van der Waals surface area contributed by atoms with Gasteiger partial charge in [-0.15, -0.1) is 0 Å². The molecule has 0 aliphatic rings. The van der Waals surface area contributed by atoms with E-state index in [2.05, 4.69) is 21.5 Å². The summed E-state index contributed by atoms with van der Waals surface area (Å²) in [5, 5.41) is 25.0. The summed E-state index contributed by atoms with van der Waals surface area (Å²) in [6.45, 7) is 1.68. The molecule has 0 saturated heterocycles. The monoisotopic (exact) mass is 432 g/mol. The summed E-state index contributed by atoms with van der Waals surface area (Å²) in [4.78, 5) is 56.7. The molecule has 6 N–H and O–H groups in total. The van der Waals surface area contributed by atoms with Crippen LogP contribution in [-0.2, 0) is 24.0 Å². The minimum absolute atomic E-state index is 0.0756. The predicted octanol–water partition coefficient (Wildman–Crippen LogP) is -1.39. The number of hydrogen-bond donors (Lipinski definition) is 6. The van der Waals surface area contributed by atoms with E-state index in [4.69, 9.17) is 0 Å². The van der Waals surface area contributed by atoms with Crippen molar-refractivity contribution in [2.45, 2.75) is 51.9 Å². The van der Waals surface area contributed by atoms with Gasteiger partial charge in [0.05, 0.1) is 0 Å². The maximum absolute atomic E-state index is 11.8. The Labute approximate surface area is 175 Å². The van der Waals surface area contributed by atoms with Crippen molar-refractivity contribution < 1.29 is 34.4 Å². The Morgan fingerprint density at radius 1 is 0.800 bits per heavy atom. The van der Waals surface area contributed by atoms with Gasteiger partial charge in [-0.05, 0) is 19.3 Å². The van der Waals surface area contributed by atoms with Crippen molar-refractivity contribution in [2.75, 3.05) is 26.8 Å². The summed E-state index contributed by atoms with van der Waals surface area (Å²) in [5.41, 5.74) is 4.53. The number of hydroxylamine groups is 4. The first kappa shape index (κ1) is 27.2. The van der Waals surface area contributed by atoms with Gasteiger partial charge in [-0.2, -0.15) is 0 Å². The Kier molecular flexibility index (Phi) is 14.6. The van der Waals surface area contributed by atoms with Gasteiger partial charge >= 0.3 is 0 Å². The van der Waals surface area contributed by atoms with Gasteiger partial charge in [-0.25, -0.2) is 15.6 Å². The third-order valence-electron chi connectivity index (χ3n) is 3.86. The number of nitrogens with one attached hydrogen (secondary N) is 4. The summed E-state index contributed by atoms with van der Waals surface area (Å²) >= 11 is 0. The van der Waals surface area contributed by atoms with E-state index in [0.29, 0.717) is 29.5 Å². The highest BCUT2D eigenvalue weighted by Crippen LogP contribution is 2.00. The van der Waals surface area contributed by atoms with E-state index in [1.807, 2.05) is 0 Å². The van der Waals surface area contributed by atoms with Crippen LogP contribution in [0.15, 0.2) is 0 Å². The van der Waals surface area contributed by atoms with Gasteiger partial charge < -0.3 is 10.6 Å². The Balaban J connectivity index is 3.86. The lowest BCUT2D eigenvalue weighted by Gasteiger charge is -2.17. The van der Waals surface area contributed by atoms with Crippen LogP contribution in [0.5, 0.6) is 0 Å². The summed E-state index contributed by atoms with van der Waals surface area (Å²) < 4.78 is 0. The largest absolute Gasteiger partial charge is 0.359 e. The predicted molar refractivity (Wildman–Crippen MR) is 103 cm³/mol. The zero-order valence-electron chi connectivity index (χ0n) is 17.4. The molecule has 0 heterocycles. The number of amides is 5. The fourth-order valence-electron chi connectivity index (χ4n) is 2.14. The molecule has 0 rings (SSSR count). The highest BCUT2D eigenvalue weighted by molar-refractivity contribution is 5.83. The lowest BCUT2D eigenvalue weighted by atomic mass is 10.2. The van der Waals surface area contributed by atoms with Gasteiger partial charge in [0.25, 0.3) is 0 Å². The van der Waals surface area contributed by atoms with E-state index in [-0.39, 0.29) is 44.0 Å². The first-order chi connectivity index (χ1) is 14.2. The second kappa shape index (κ2) is 16.1. The standard InChI is InChI=1S/C17H32N6O7/c1-13(24)19-10-4-3-5-11-22(29)16(27)9-7-15(26)21-20-12-23(30)17(28)8-6-14(25)18-2/h20,29-30H,3-12H2,1-2H3,(H,18,25)(H,19,24)(H,21,26). The van der Waals surface area contributed by atoms with Crippen LogP contribution in [0.2, 0.25) is 0 Å². The fourth-order valence-corrected chi connectivity index (χ4v) is 2.14. The summed E-state index contributed by atoms with van der Waals surface area (Å²) in [7, 11) is 1.43. The van der Waals surface area contributed by atoms with Crippen molar-refractivity contribution in [1.82, 2.24) is 31.6 Å². The highest BCUT2D eigenvalue weighted by Gasteiger charge is 2.14. The number of carbonyl (C=O) groups is 5. The minimum Gasteiger partial charge on any atom is -0.359 e. The van der Waals surface area contributed by atoms with E-state index in [1.165, 1.54) is 14.0 Å². The van der Waals surface area contributed by atoms with Crippen molar-refractivity contribution >= 4 is 29.5 Å². The number of unbranched alkanes of at least 4 members (excludes halogenated alkanes) is 2. The highest BCUT2D eigenvalue weighted by atomic mass is 16.5. The summed E-state index contributed by atoms with van der Waals surface area (Å²) in [5.74, 6) is -2.34. The molecule has 0 spiro atoms. The number of nitrogens with zero attached hydrogens (tertiary/aromatic N) is 2. The van der Waals surface area contributed by atoms with Crippen LogP contribution in [0.4, 0.5) is 0 Å². The molecule has 30 heavy (non-hydrogen) atoms. The first-order valence-electron chi connectivity index (χ1n) is 9.62. The number of hydrogen-bond acceptors (Lipinski definition) is 8. The van der Waals surface area contributed by atoms with Gasteiger partial charge in [0.2, 0.25) is 29.5 Å². The van der Waals surface area contributed by atoms with Crippen LogP contribution in [0, 0.1) is 0 Å². The maximum Gasteiger partial charge on any atom is 0.247 e. The van der Waals surface area contributed by atoms with E-state index in [9.17, 15) is 34.4 Å². The quantitative estimate of drug-likeness (QED) is 0.0792. The van der Waals surface area contributed by atoms with Crippen molar-refractivity contribution in [3.05, 3.63) is 0 Å². The van der Waals surface area contributed by atoms with Gasteiger partial charge in [0, 0.05) is 52.7 Å². The smallest absolute Gasteiger partial charge is 0.247 e. The molecule has 0 radical (unpaired) electrons. The molecule has 13 nitrogen and oxygen atoms in total. The van der Waals surface area contributed by atoms with Gasteiger partial charge in [-0.3, -0.25) is 39.8 Å². The van der Waals surface area contributed by atoms with Crippen LogP contribution >= 0.6 is 0 Å². The zero-order chi connectivity index (χ0) is 22.9. The molecular formula is C17H32N6O7. The lowest BCUT2D eigenvalue weighted by Crippen LogP contribution is -2.45. The second-order valence-electron chi connectivity index (χ2n) is 6.41. The van der Waals surface area contributed by atoms with Crippen LogP contribution in [0.1, 0.15) is 51.9 Å². The van der Waals surface area contributed by atoms with Crippen LogP contribution in [0.3, 0.4) is 0 Å². The Hall–Kier alpha value is -2.77. The third kappa shape index (κ3) is 14.3. The van der Waals surface area contributed by atoms with E-state index >= 15 is 0 Å². The molecule has 0 aromatic carbocycles. The molecule has 0 aliphatic heterocycles. The molecule has 0 unspecified atom stereocenters. The Morgan fingerprint density at radius 2 is 1.40 bits per heavy atom. The minimum atomic E-state index is -0.705. The zero-order valence-corrected chi connectivity index (χ0v) is 17.4. The SMILES string of the molecule is CNC(=O)CCC(=O)N(O)CNNC(=O)CCC(=O)N(O)CCCCCNC(C)=O. The molecule has 0 fully saturated rings. The average molecular weight is 432 g/mol. The number of hydrazine groups is 1. The molecule has 172 valence electrons. The summed E-state index contributed by atoms with van der Waals surface area (Å²) in [6, 6.07) is 0. The number of rotatable bonds is 15.